The van der Waals surface area contributed by atoms with Crippen LogP contribution in [0.15, 0.2) is 0 Å². The number of halogens is 2. The number of hydrogen-bond donors (Lipinski definition) is 2. The van der Waals surface area contributed by atoms with E-state index in [1.165, 1.54) is 6.92 Å². The maximum atomic E-state index is 11.6. The van der Waals surface area contributed by atoms with Gasteiger partial charge >= 0.3 is 0 Å². The molecule has 1 unspecified atom stereocenters. The molecule has 2 nitrogen and oxygen atoms in total. The van der Waals surface area contributed by atoms with Gasteiger partial charge in [-0.15, -0.1) is 0 Å². The summed E-state index contributed by atoms with van der Waals surface area (Å²) in [6, 6.07) is -0.742. The number of alkyl halides is 2. The molecule has 0 aliphatic carbocycles. The van der Waals surface area contributed by atoms with Crippen molar-refractivity contribution in [3.05, 3.63) is 0 Å². The van der Waals surface area contributed by atoms with Crippen molar-refractivity contribution in [3.63, 3.8) is 0 Å². The molecule has 4 heteroatoms. The maximum Gasteiger partial charge on any atom is 0.253 e. The van der Waals surface area contributed by atoms with Crippen LogP contribution in [-0.2, 0) is 0 Å². The molecular weight excluding hydrogens is 126 g/mol. The average Bonchev–Trinajstić information content (AvgIpc) is 1.82. The van der Waals surface area contributed by atoms with Gasteiger partial charge in [-0.3, -0.25) is 0 Å². The molecular formula is C5H12F2N2. The maximum absolute atomic E-state index is 11.6. The van der Waals surface area contributed by atoms with Crippen molar-refractivity contribution >= 4 is 0 Å². The predicted molar refractivity (Wildman–Crippen MR) is 32.5 cm³/mol. The van der Waals surface area contributed by atoms with E-state index in [0.29, 0.717) is 13.1 Å². The summed E-state index contributed by atoms with van der Waals surface area (Å²) in [5, 5.41) is 2.56. The molecule has 0 bridgehead atoms. The minimum absolute atomic E-state index is 0.400. The molecule has 0 aromatic heterocycles. The second-order valence-electron chi connectivity index (χ2n) is 1.87. The molecule has 3 N–H and O–H groups in total. The van der Waals surface area contributed by atoms with Crippen LogP contribution >= 0.6 is 0 Å². The lowest BCUT2D eigenvalue weighted by molar-refractivity contribution is 0.107. The summed E-state index contributed by atoms with van der Waals surface area (Å²) in [6.45, 7) is 2.28. The van der Waals surface area contributed by atoms with Crippen molar-refractivity contribution in [1.29, 1.82) is 0 Å². The Morgan fingerprint density at radius 2 is 2.11 bits per heavy atom. The predicted octanol–water partition coefficient (Wildman–Crippen LogP) is 0.188. The van der Waals surface area contributed by atoms with Crippen LogP contribution in [0.5, 0.6) is 0 Å². The molecule has 9 heavy (non-hydrogen) atoms. The standard InChI is InChI=1S/C5H12F2N2/c1-4(5(6)7)9-3-2-8/h4-5,9H,2-3,8H2,1H3. The van der Waals surface area contributed by atoms with E-state index in [4.69, 9.17) is 5.73 Å². The normalized spacial score (nSPS) is 14.3. The summed E-state index contributed by atoms with van der Waals surface area (Å²) in [4.78, 5) is 0. The van der Waals surface area contributed by atoms with Gasteiger partial charge in [0.2, 0.25) is 0 Å². The zero-order chi connectivity index (χ0) is 7.28. The summed E-state index contributed by atoms with van der Waals surface area (Å²) in [5.41, 5.74) is 5.07. The third kappa shape index (κ3) is 4.29. The van der Waals surface area contributed by atoms with Gasteiger partial charge in [0.15, 0.2) is 0 Å². The highest BCUT2D eigenvalue weighted by Crippen LogP contribution is 1.97. The van der Waals surface area contributed by atoms with Crippen LogP contribution < -0.4 is 11.1 Å². The molecule has 0 spiro atoms. The topological polar surface area (TPSA) is 38.0 Å². The molecule has 1 atom stereocenters. The number of nitrogens with two attached hydrogens (primary N) is 1. The highest BCUT2D eigenvalue weighted by atomic mass is 19.3. The Morgan fingerprint density at radius 3 is 2.44 bits per heavy atom. The smallest absolute Gasteiger partial charge is 0.253 e. The van der Waals surface area contributed by atoms with Crippen LogP contribution in [-0.4, -0.2) is 25.6 Å². The molecule has 0 saturated carbocycles. The quantitative estimate of drug-likeness (QED) is 0.582. The first kappa shape index (κ1) is 8.78. The highest BCUT2D eigenvalue weighted by Gasteiger charge is 2.11. The van der Waals surface area contributed by atoms with Crippen molar-refractivity contribution in [2.24, 2.45) is 5.73 Å². The molecule has 0 fully saturated rings. The first-order chi connectivity index (χ1) is 4.18. The van der Waals surface area contributed by atoms with E-state index in [9.17, 15) is 8.78 Å². The Kier molecular flexibility index (Phi) is 4.53. The van der Waals surface area contributed by atoms with Gasteiger partial charge in [0, 0.05) is 13.1 Å². The third-order valence-corrected chi connectivity index (χ3v) is 0.989. The van der Waals surface area contributed by atoms with Gasteiger partial charge in [-0.2, -0.15) is 0 Å². The fraction of sp³-hybridized carbons (Fsp3) is 1.00. The van der Waals surface area contributed by atoms with Crippen LogP contribution in [0.2, 0.25) is 0 Å². The van der Waals surface area contributed by atoms with Crippen molar-refractivity contribution in [3.8, 4) is 0 Å². The SMILES string of the molecule is CC(NCCN)C(F)F. The molecule has 0 saturated heterocycles. The molecule has 0 aliphatic heterocycles. The summed E-state index contributed by atoms with van der Waals surface area (Å²) in [5.74, 6) is 0. The van der Waals surface area contributed by atoms with Crippen molar-refractivity contribution < 1.29 is 8.78 Å². The molecule has 0 aromatic rings. The summed E-state index contributed by atoms with van der Waals surface area (Å²) in [7, 11) is 0. The largest absolute Gasteiger partial charge is 0.329 e. The first-order valence-corrected chi connectivity index (χ1v) is 2.90. The number of nitrogens with one attached hydrogen (secondary N) is 1. The molecule has 0 radical (unpaired) electrons. The second-order valence-corrected chi connectivity index (χ2v) is 1.87. The van der Waals surface area contributed by atoms with E-state index >= 15 is 0 Å². The Hall–Kier alpha value is -0.220. The van der Waals surface area contributed by atoms with E-state index in [2.05, 4.69) is 5.32 Å². The van der Waals surface area contributed by atoms with Gasteiger partial charge in [-0.1, -0.05) is 0 Å². The fourth-order valence-corrected chi connectivity index (χ4v) is 0.400. The highest BCUT2D eigenvalue weighted by molar-refractivity contribution is 4.61. The molecule has 0 aromatic carbocycles. The molecule has 56 valence electrons. The van der Waals surface area contributed by atoms with Crippen molar-refractivity contribution in [2.45, 2.75) is 19.4 Å². The molecule has 0 aliphatic rings. The van der Waals surface area contributed by atoms with Crippen molar-refractivity contribution in [2.75, 3.05) is 13.1 Å². The summed E-state index contributed by atoms with van der Waals surface area (Å²) < 4.78 is 23.3. The lowest BCUT2D eigenvalue weighted by Crippen LogP contribution is -2.35. The number of rotatable bonds is 4. The van der Waals surface area contributed by atoms with E-state index in [1.54, 1.807) is 0 Å². The van der Waals surface area contributed by atoms with Gasteiger partial charge in [0.05, 0.1) is 6.04 Å². The van der Waals surface area contributed by atoms with Gasteiger partial charge < -0.3 is 11.1 Å². The van der Waals surface area contributed by atoms with Crippen LogP contribution in [0.1, 0.15) is 6.92 Å². The monoisotopic (exact) mass is 138 g/mol. The lowest BCUT2D eigenvalue weighted by Gasteiger charge is -2.10. The van der Waals surface area contributed by atoms with Crippen LogP contribution in [0.25, 0.3) is 0 Å². The zero-order valence-electron chi connectivity index (χ0n) is 5.40. The molecule has 0 heterocycles. The summed E-state index contributed by atoms with van der Waals surface area (Å²) >= 11 is 0. The van der Waals surface area contributed by atoms with Crippen LogP contribution in [0, 0.1) is 0 Å². The van der Waals surface area contributed by atoms with E-state index in [0.717, 1.165) is 0 Å². The van der Waals surface area contributed by atoms with Crippen LogP contribution in [0.3, 0.4) is 0 Å². The minimum atomic E-state index is -2.29. The van der Waals surface area contributed by atoms with E-state index < -0.39 is 12.5 Å². The summed E-state index contributed by atoms with van der Waals surface area (Å²) in [6.07, 6.45) is -2.29. The third-order valence-electron chi connectivity index (χ3n) is 0.989. The fourth-order valence-electron chi connectivity index (χ4n) is 0.400. The first-order valence-electron chi connectivity index (χ1n) is 2.90. The minimum Gasteiger partial charge on any atom is -0.329 e. The van der Waals surface area contributed by atoms with E-state index in [-0.39, 0.29) is 0 Å². The lowest BCUT2D eigenvalue weighted by atomic mass is 10.3. The van der Waals surface area contributed by atoms with Gasteiger partial charge in [0.25, 0.3) is 6.43 Å². The average molecular weight is 138 g/mol. The van der Waals surface area contributed by atoms with Gasteiger partial charge in [-0.25, -0.2) is 8.78 Å². The molecule has 0 rings (SSSR count). The second kappa shape index (κ2) is 4.64. The van der Waals surface area contributed by atoms with Gasteiger partial charge in [0.1, 0.15) is 0 Å². The number of hydrogen-bond acceptors (Lipinski definition) is 2. The van der Waals surface area contributed by atoms with E-state index in [1.807, 2.05) is 0 Å². The molecule has 0 amide bonds. The van der Waals surface area contributed by atoms with Crippen molar-refractivity contribution in [1.82, 2.24) is 5.32 Å². The van der Waals surface area contributed by atoms with Gasteiger partial charge in [-0.05, 0) is 6.92 Å². The zero-order valence-corrected chi connectivity index (χ0v) is 5.40. The Labute approximate surface area is 53.4 Å². The Morgan fingerprint density at radius 1 is 1.56 bits per heavy atom. The Balaban J connectivity index is 3.16. The Bertz CT molecular complexity index is 68.0. The van der Waals surface area contributed by atoms with Crippen LogP contribution in [0.4, 0.5) is 8.78 Å².